The van der Waals surface area contributed by atoms with Crippen LogP contribution >= 0.6 is 11.8 Å². The van der Waals surface area contributed by atoms with Crippen molar-refractivity contribution in [2.75, 3.05) is 7.11 Å². The van der Waals surface area contributed by atoms with Crippen LogP contribution in [0.15, 0.2) is 71.1 Å². The number of aromatic amines is 1. The van der Waals surface area contributed by atoms with Crippen molar-refractivity contribution in [3.8, 4) is 5.75 Å². The molecule has 0 radical (unpaired) electrons. The van der Waals surface area contributed by atoms with Crippen LogP contribution in [0.25, 0.3) is 10.9 Å². The van der Waals surface area contributed by atoms with Crippen molar-refractivity contribution >= 4 is 28.6 Å². The standard InChI is InChI=1S/C25H26N6O3S/c1-4-13-31-23(16(2)26-22(32)14-17-9-11-18(34-3)12-10-17)29-30-25(31)35-15-21-27-20-8-6-5-7-19(20)24(33)28-21/h4-12,16H,1,13-15H2,2-3H3,(H,26,32)(H,27,28,33)/t16-/m1/s1. The lowest BCUT2D eigenvalue weighted by Crippen LogP contribution is -2.30. The van der Waals surface area contributed by atoms with E-state index < -0.39 is 0 Å². The molecule has 0 bridgehead atoms. The lowest BCUT2D eigenvalue weighted by atomic mass is 10.1. The maximum absolute atomic E-state index is 12.6. The maximum atomic E-state index is 12.6. The third-order valence-corrected chi connectivity index (χ3v) is 6.32. The number of hydrogen-bond acceptors (Lipinski definition) is 7. The van der Waals surface area contributed by atoms with E-state index in [1.807, 2.05) is 54.0 Å². The first-order valence-electron chi connectivity index (χ1n) is 11.1. The second kappa shape index (κ2) is 11.0. The molecule has 0 fully saturated rings. The summed E-state index contributed by atoms with van der Waals surface area (Å²) in [5.74, 6) is 2.20. The minimum absolute atomic E-state index is 0.122. The van der Waals surface area contributed by atoms with Gasteiger partial charge >= 0.3 is 0 Å². The highest BCUT2D eigenvalue weighted by atomic mass is 32.2. The molecule has 0 aliphatic rings. The van der Waals surface area contributed by atoms with Gasteiger partial charge in [0.15, 0.2) is 11.0 Å². The molecule has 4 aromatic rings. The van der Waals surface area contributed by atoms with Crippen molar-refractivity contribution in [3.63, 3.8) is 0 Å². The summed E-state index contributed by atoms with van der Waals surface area (Å²) in [6.07, 6.45) is 1.99. The van der Waals surface area contributed by atoms with E-state index in [1.165, 1.54) is 11.8 Å². The molecule has 0 spiro atoms. The van der Waals surface area contributed by atoms with Crippen LogP contribution in [-0.2, 0) is 23.5 Å². The second-order valence-corrected chi connectivity index (χ2v) is 8.82. The molecule has 9 nitrogen and oxygen atoms in total. The molecule has 180 valence electrons. The van der Waals surface area contributed by atoms with Gasteiger partial charge in [-0.25, -0.2) is 4.98 Å². The average molecular weight is 491 g/mol. The molecule has 2 heterocycles. The fourth-order valence-corrected chi connectivity index (χ4v) is 4.47. The highest BCUT2D eigenvalue weighted by Crippen LogP contribution is 2.23. The Morgan fingerprint density at radius 3 is 2.74 bits per heavy atom. The molecule has 2 N–H and O–H groups in total. The van der Waals surface area contributed by atoms with Gasteiger partial charge in [-0.15, -0.1) is 16.8 Å². The van der Waals surface area contributed by atoms with Gasteiger partial charge in [0.1, 0.15) is 11.6 Å². The molecular formula is C25H26N6O3S. The van der Waals surface area contributed by atoms with Crippen molar-refractivity contribution in [3.05, 3.63) is 88.8 Å². The third kappa shape index (κ3) is 5.78. The van der Waals surface area contributed by atoms with E-state index in [1.54, 1.807) is 19.3 Å². The highest BCUT2D eigenvalue weighted by molar-refractivity contribution is 7.98. The number of para-hydroxylation sites is 1. The zero-order chi connectivity index (χ0) is 24.8. The highest BCUT2D eigenvalue weighted by Gasteiger charge is 2.20. The van der Waals surface area contributed by atoms with E-state index >= 15 is 0 Å². The first-order chi connectivity index (χ1) is 17.0. The number of carbonyl (C=O) groups excluding carboxylic acids is 1. The Kier molecular flexibility index (Phi) is 7.61. The first-order valence-corrected chi connectivity index (χ1v) is 12.0. The topological polar surface area (TPSA) is 115 Å². The quantitative estimate of drug-likeness (QED) is 0.259. The fourth-order valence-electron chi connectivity index (χ4n) is 3.65. The van der Waals surface area contributed by atoms with Gasteiger partial charge in [0, 0.05) is 6.54 Å². The number of fused-ring (bicyclic) bond motifs is 1. The maximum Gasteiger partial charge on any atom is 0.258 e. The zero-order valence-corrected chi connectivity index (χ0v) is 20.3. The predicted octanol–water partition coefficient (Wildman–Crippen LogP) is 3.42. The monoisotopic (exact) mass is 490 g/mol. The fraction of sp³-hybridized carbons (Fsp3) is 0.240. The van der Waals surface area contributed by atoms with E-state index in [0.717, 1.165) is 11.3 Å². The largest absolute Gasteiger partial charge is 0.497 e. The van der Waals surface area contributed by atoms with Gasteiger partial charge in [-0.05, 0) is 36.8 Å². The second-order valence-electron chi connectivity index (χ2n) is 7.87. The molecule has 10 heteroatoms. The van der Waals surface area contributed by atoms with Gasteiger partial charge in [-0.2, -0.15) is 0 Å². The molecule has 1 atom stereocenters. The van der Waals surface area contributed by atoms with Crippen LogP contribution in [0.1, 0.15) is 30.2 Å². The summed E-state index contributed by atoms with van der Waals surface area (Å²) in [7, 11) is 1.60. The summed E-state index contributed by atoms with van der Waals surface area (Å²) in [5.41, 5.74) is 1.36. The molecule has 0 aliphatic heterocycles. The minimum atomic E-state index is -0.360. The van der Waals surface area contributed by atoms with Gasteiger partial charge in [-0.1, -0.05) is 42.1 Å². The van der Waals surface area contributed by atoms with Gasteiger partial charge in [0.05, 0.1) is 36.2 Å². The molecule has 2 aromatic heterocycles. The molecule has 4 rings (SSSR count). The summed E-state index contributed by atoms with van der Waals surface area (Å²) in [6.45, 7) is 6.17. The van der Waals surface area contributed by atoms with E-state index in [-0.39, 0.29) is 23.9 Å². The number of rotatable bonds is 10. The number of allylic oxidation sites excluding steroid dienone is 1. The Labute approximate surface area is 206 Å². The lowest BCUT2D eigenvalue weighted by Gasteiger charge is -2.15. The third-order valence-electron chi connectivity index (χ3n) is 5.35. The van der Waals surface area contributed by atoms with Gasteiger partial charge in [0.25, 0.3) is 5.56 Å². The summed E-state index contributed by atoms with van der Waals surface area (Å²) in [4.78, 5) is 32.3. The molecule has 0 aliphatic carbocycles. The van der Waals surface area contributed by atoms with E-state index in [4.69, 9.17) is 4.74 Å². The lowest BCUT2D eigenvalue weighted by molar-refractivity contribution is -0.121. The molecular weight excluding hydrogens is 464 g/mol. The molecule has 1 amide bonds. The predicted molar refractivity (Wildman–Crippen MR) is 135 cm³/mol. The number of nitrogens with one attached hydrogen (secondary N) is 2. The van der Waals surface area contributed by atoms with Crippen molar-refractivity contribution < 1.29 is 9.53 Å². The molecule has 2 aromatic carbocycles. The van der Waals surface area contributed by atoms with Gasteiger partial charge in [0.2, 0.25) is 5.91 Å². The average Bonchev–Trinajstić information content (AvgIpc) is 3.26. The number of amides is 1. The van der Waals surface area contributed by atoms with Crippen LogP contribution in [0, 0.1) is 0 Å². The van der Waals surface area contributed by atoms with Gasteiger partial charge < -0.3 is 19.6 Å². The van der Waals surface area contributed by atoms with Crippen LogP contribution in [0.4, 0.5) is 0 Å². The Hall–Kier alpha value is -3.92. The van der Waals surface area contributed by atoms with Crippen LogP contribution < -0.4 is 15.6 Å². The first kappa shape index (κ1) is 24.2. The minimum Gasteiger partial charge on any atom is -0.497 e. The summed E-state index contributed by atoms with van der Waals surface area (Å²) in [6, 6.07) is 14.2. The number of thioether (sulfide) groups is 1. The summed E-state index contributed by atoms with van der Waals surface area (Å²) >= 11 is 1.40. The zero-order valence-electron chi connectivity index (χ0n) is 19.5. The Morgan fingerprint density at radius 1 is 1.23 bits per heavy atom. The van der Waals surface area contributed by atoms with E-state index in [0.29, 0.717) is 40.0 Å². The van der Waals surface area contributed by atoms with Crippen LogP contribution in [-0.4, -0.2) is 37.7 Å². The number of H-pyrrole nitrogens is 1. The number of carbonyl (C=O) groups is 1. The molecule has 0 saturated heterocycles. The number of hydrogen-bond donors (Lipinski definition) is 2. The van der Waals surface area contributed by atoms with Crippen LogP contribution in [0.2, 0.25) is 0 Å². The molecule has 35 heavy (non-hydrogen) atoms. The van der Waals surface area contributed by atoms with Gasteiger partial charge in [-0.3, -0.25) is 9.59 Å². The number of benzene rings is 2. The van der Waals surface area contributed by atoms with Crippen molar-refractivity contribution in [1.29, 1.82) is 0 Å². The number of nitrogens with zero attached hydrogens (tertiary/aromatic N) is 4. The van der Waals surface area contributed by atoms with Crippen molar-refractivity contribution in [1.82, 2.24) is 30.0 Å². The Bertz CT molecular complexity index is 1400. The van der Waals surface area contributed by atoms with Crippen LogP contribution in [0.5, 0.6) is 5.75 Å². The Morgan fingerprint density at radius 2 is 2.00 bits per heavy atom. The van der Waals surface area contributed by atoms with Crippen molar-refractivity contribution in [2.45, 2.75) is 36.8 Å². The van der Waals surface area contributed by atoms with Crippen LogP contribution in [0.3, 0.4) is 0 Å². The normalized spacial score (nSPS) is 11.8. The number of methoxy groups -OCH3 is 1. The number of aromatic nitrogens is 5. The SMILES string of the molecule is C=CCn1c(SCc2nc3ccccc3c(=O)[nH]2)nnc1[C@@H](C)NC(=O)Cc1ccc(OC)cc1. The van der Waals surface area contributed by atoms with Crippen molar-refractivity contribution in [2.24, 2.45) is 0 Å². The summed E-state index contributed by atoms with van der Waals surface area (Å²) < 4.78 is 7.06. The van der Waals surface area contributed by atoms with E-state index in [9.17, 15) is 9.59 Å². The smallest absolute Gasteiger partial charge is 0.258 e. The number of ether oxygens (including phenoxy) is 1. The Balaban J connectivity index is 1.45. The molecule has 0 unspecified atom stereocenters. The summed E-state index contributed by atoms with van der Waals surface area (Å²) in [5, 5.41) is 12.8. The van der Waals surface area contributed by atoms with E-state index in [2.05, 4.69) is 32.1 Å². The molecule has 0 saturated carbocycles.